The van der Waals surface area contributed by atoms with Crippen LogP contribution in [0.15, 0.2) is 18.2 Å². The van der Waals surface area contributed by atoms with E-state index in [2.05, 4.69) is 5.32 Å². The lowest BCUT2D eigenvalue weighted by atomic mass is 10.0. The van der Waals surface area contributed by atoms with Gasteiger partial charge in [0.25, 0.3) is 0 Å². The van der Waals surface area contributed by atoms with E-state index < -0.39 is 9.84 Å². The van der Waals surface area contributed by atoms with E-state index in [1.807, 2.05) is 32.0 Å². The predicted molar refractivity (Wildman–Crippen MR) is 71.7 cm³/mol. The van der Waals surface area contributed by atoms with Crippen molar-refractivity contribution in [2.45, 2.75) is 19.9 Å². The van der Waals surface area contributed by atoms with Crippen LogP contribution in [0.1, 0.15) is 24.1 Å². The number of nitrogens with one attached hydrogen (secondary N) is 1. The van der Waals surface area contributed by atoms with Crippen molar-refractivity contribution >= 4 is 9.84 Å². The Kier molecular flexibility index (Phi) is 3.92. The van der Waals surface area contributed by atoms with Crippen LogP contribution in [0.5, 0.6) is 5.75 Å². The smallest absolute Gasteiger partial charge is 0.153 e. The minimum absolute atomic E-state index is 0.0990. The van der Waals surface area contributed by atoms with Crippen molar-refractivity contribution < 1.29 is 13.2 Å². The molecule has 0 radical (unpaired) electrons. The van der Waals surface area contributed by atoms with E-state index in [9.17, 15) is 8.42 Å². The summed E-state index contributed by atoms with van der Waals surface area (Å²) in [6.07, 6.45) is 0. The Morgan fingerprint density at radius 2 is 2.22 bits per heavy atom. The van der Waals surface area contributed by atoms with Crippen LogP contribution in [-0.2, 0) is 9.84 Å². The Labute approximate surface area is 108 Å². The highest BCUT2D eigenvalue weighted by atomic mass is 32.2. The lowest BCUT2D eigenvalue weighted by molar-refractivity contribution is 0.337. The van der Waals surface area contributed by atoms with Crippen LogP contribution in [0.4, 0.5) is 0 Å². The molecule has 1 aromatic carbocycles. The molecule has 1 unspecified atom stereocenters. The van der Waals surface area contributed by atoms with E-state index in [-0.39, 0.29) is 17.5 Å². The van der Waals surface area contributed by atoms with E-state index in [0.717, 1.165) is 16.9 Å². The van der Waals surface area contributed by atoms with Crippen LogP contribution in [0, 0.1) is 6.92 Å². The molecule has 1 aliphatic heterocycles. The zero-order valence-corrected chi connectivity index (χ0v) is 11.6. The van der Waals surface area contributed by atoms with Crippen LogP contribution in [0.3, 0.4) is 0 Å². The lowest BCUT2D eigenvalue weighted by Crippen LogP contribution is -2.39. The Morgan fingerprint density at radius 1 is 1.44 bits per heavy atom. The predicted octanol–water partition coefficient (Wildman–Crippen LogP) is 1.45. The van der Waals surface area contributed by atoms with Gasteiger partial charge >= 0.3 is 0 Å². The molecule has 1 aromatic rings. The number of aryl methyl sites for hydroxylation is 1. The molecule has 1 saturated heterocycles. The Hall–Kier alpha value is -1.07. The summed E-state index contributed by atoms with van der Waals surface area (Å²) in [5, 5.41) is 3.25. The fraction of sp³-hybridized carbons (Fsp3) is 0.538. The molecule has 4 nitrogen and oxygen atoms in total. The van der Waals surface area contributed by atoms with Gasteiger partial charge in [-0.2, -0.15) is 0 Å². The minimum atomic E-state index is -2.91. The molecule has 0 saturated carbocycles. The summed E-state index contributed by atoms with van der Waals surface area (Å²) >= 11 is 0. The first-order valence-electron chi connectivity index (χ1n) is 6.19. The van der Waals surface area contributed by atoms with Gasteiger partial charge in [-0.1, -0.05) is 12.1 Å². The molecule has 0 bridgehead atoms. The van der Waals surface area contributed by atoms with Crippen LogP contribution in [0.2, 0.25) is 0 Å². The molecule has 1 fully saturated rings. The maximum absolute atomic E-state index is 11.6. The van der Waals surface area contributed by atoms with Crippen LogP contribution >= 0.6 is 0 Å². The molecule has 100 valence electrons. The summed E-state index contributed by atoms with van der Waals surface area (Å²) in [5.41, 5.74) is 2.05. The van der Waals surface area contributed by atoms with Gasteiger partial charge in [0.1, 0.15) is 5.75 Å². The molecule has 2 rings (SSSR count). The summed E-state index contributed by atoms with van der Waals surface area (Å²) in [6, 6.07) is 5.76. The lowest BCUT2D eigenvalue weighted by Gasteiger charge is -2.24. The van der Waals surface area contributed by atoms with Crippen molar-refractivity contribution in [1.82, 2.24) is 5.32 Å². The Morgan fingerprint density at radius 3 is 2.83 bits per heavy atom. The normalized spacial score (nSPS) is 22.7. The topological polar surface area (TPSA) is 55.4 Å². The quantitative estimate of drug-likeness (QED) is 0.902. The second kappa shape index (κ2) is 5.28. The van der Waals surface area contributed by atoms with Gasteiger partial charge in [0, 0.05) is 12.6 Å². The number of hydrogen-bond donors (Lipinski definition) is 1. The highest BCUT2D eigenvalue weighted by Crippen LogP contribution is 2.25. The second-order valence-corrected chi connectivity index (χ2v) is 6.81. The third kappa shape index (κ3) is 3.03. The van der Waals surface area contributed by atoms with Crippen molar-refractivity contribution in [3.63, 3.8) is 0 Å². The van der Waals surface area contributed by atoms with Crippen molar-refractivity contribution in [2.24, 2.45) is 0 Å². The Balaban J connectivity index is 2.21. The fourth-order valence-corrected chi connectivity index (χ4v) is 3.62. The summed E-state index contributed by atoms with van der Waals surface area (Å²) in [6.45, 7) is 5.09. The highest BCUT2D eigenvalue weighted by Gasteiger charge is 2.25. The molecule has 5 heteroatoms. The van der Waals surface area contributed by atoms with Gasteiger partial charge in [0.05, 0.1) is 18.1 Å². The van der Waals surface area contributed by atoms with Gasteiger partial charge in [-0.15, -0.1) is 0 Å². The van der Waals surface area contributed by atoms with E-state index in [1.54, 1.807) is 0 Å². The van der Waals surface area contributed by atoms with Gasteiger partial charge < -0.3 is 10.1 Å². The molecule has 0 spiro atoms. The zero-order chi connectivity index (χ0) is 13.2. The number of benzene rings is 1. The molecule has 0 amide bonds. The SMILES string of the molecule is CCOc1ccc(C2CS(=O)(=O)CCN2)cc1C. The fourth-order valence-electron chi connectivity index (χ4n) is 2.21. The number of sulfone groups is 1. The average Bonchev–Trinajstić information content (AvgIpc) is 2.30. The van der Waals surface area contributed by atoms with Gasteiger partial charge in [-0.25, -0.2) is 8.42 Å². The number of hydrogen-bond acceptors (Lipinski definition) is 4. The summed E-state index contributed by atoms with van der Waals surface area (Å²) in [4.78, 5) is 0. The van der Waals surface area contributed by atoms with Crippen LogP contribution < -0.4 is 10.1 Å². The summed E-state index contributed by atoms with van der Waals surface area (Å²) < 4.78 is 28.7. The maximum atomic E-state index is 11.6. The average molecular weight is 269 g/mol. The second-order valence-electron chi connectivity index (χ2n) is 4.58. The summed E-state index contributed by atoms with van der Waals surface area (Å²) in [5.74, 6) is 1.28. The van der Waals surface area contributed by atoms with Crippen LogP contribution in [-0.4, -0.2) is 33.1 Å². The summed E-state index contributed by atoms with van der Waals surface area (Å²) in [7, 11) is -2.91. The minimum Gasteiger partial charge on any atom is -0.494 e. The molecule has 0 aliphatic carbocycles. The molecule has 0 aromatic heterocycles. The standard InChI is InChI=1S/C13H19NO3S/c1-3-17-13-5-4-11(8-10(13)2)12-9-18(15,16)7-6-14-12/h4-5,8,12,14H,3,6-7,9H2,1-2H3. The van der Waals surface area contributed by atoms with Crippen LogP contribution in [0.25, 0.3) is 0 Å². The van der Waals surface area contributed by atoms with E-state index in [4.69, 9.17) is 4.74 Å². The zero-order valence-electron chi connectivity index (χ0n) is 10.8. The molecule has 1 N–H and O–H groups in total. The van der Waals surface area contributed by atoms with Gasteiger partial charge in [-0.05, 0) is 31.0 Å². The van der Waals surface area contributed by atoms with Gasteiger partial charge in [0.2, 0.25) is 0 Å². The third-order valence-electron chi connectivity index (χ3n) is 3.13. The molecule has 18 heavy (non-hydrogen) atoms. The molecular formula is C13H19NO3S. The van der Waals surface area contributed by atoms with Crippen molar-refractivity contribution in [2.75, 3.05) is 24.7 Å². The molecule has 1 aliphatic rings. The highest BCUT2D eigenvalue weighted by molar-refractivity contribution is 7.91. The number of ether oxygens (including phenoxy) is 1. The third-order valence-corrected chi connectivity index (χ3v) is 4.79. The van der Waals surface area contributed by atoms with E-state index >= 15 is 0 Å². The first-order chi connectivity index (χ1) is 8.52. The first-order valence-corrected chi connectivity index (χ1v) is 8.01. The molecule has 1 heterocycles. The van der Waals surface area contributed by atoms with Crippen molar-refractivity contribution in [1.29, 1.82) is 0 Å². The number of rotatable bonds is 3. The molecule has 1 atom stereocenters. The molecular weight excluding hydrogens is 250 g/mol. The van der Waals surface area contributed by atoms with Crippen molar-refractivity contribution in [3.8, 4) is 5.75 Å². The van der Waals surface area contributed by atoms with Crippen molar-refractivity contribution in [3.05, 3.63) is 29.3 Å². The monoisotopic (exact) mass is 269 g/mol. The first kappa shape index (κ1) is 13.4. The Bertz CT molecular complexity index is 525. The van der Waals surface area contributed by atoms with E-state index in [1.165, 1.54) is 0 Å². The van der Waals surface area contributed by atoms with Gasteiger partial charge in [-0.3, -0.25) is 0 Å². The van der Waals surface area contributed by atoms with Gasteiger partial charge in [0.15, 0.2) is 9.84 Å². The maximum Gasteiger partial charge on any atom is 0.153 e. The largest absolute Gasteiger partial charge is 0.494 e. The van der Waals surface area contributed by atoms with E-state index in [0.29, 0.717) is 13.2 Å².